The summed E-state index contributed by atoms with van der Waals surface area (Å²) in [4.78, 5) is 19.7. The van der Waals surface area contributed by atoms with Crippen molar-refractivity contribution in [1.82, 2.24) is 9.97 Å². The van der Waals surface area contributed by atoms with Gasteiger partial charge in [-0.15, -0.1) is 0 Å². The number of fused-ring (bicyclic) bond motifs is 1. The second-order valence-electron chi connectivity index (χ2n) is 4.67. The third-order valence-corrected chi connectivity index (χ3v) is 2.77. The molecule has 1 aromatic heterocycles. The van der Waals surface area contributed by atoms with E-state index >= 15 is 0 Å². The van der Waals surface area contributed by atoms with Crippen molar-refractivity contribution in [2.75, 3.05) is 0 Å². The fourth-order valence-corrected chi connectivity index (χ4v) is 2.12. The molecule has 1 aromatic rings. The number of aromatic nitrogens is 2. The summed E-state index contributed by atoms with van der Waals surface area (Å²) in [5.41, 5.74) is 2.02. The van der Waals surface area contributed by atoms with Crippen molar-refractivity contribution in [3.63, 3.8) is 0 Å². The maximum atomic E-state index is 11.1. The van der Waals surface area contributed by atoms with Gasteiger partial charge in [0.2, 0.25) is 0 Å². The number of carboxylic acid groups (broad SMARTS) is 1. The molecule has 0 radical (unpaired) electrons. The standard InChI is InChI=1S/C12H16N2O2/c1-7(2)6-10-13-9-5-3-4-8(9)11(14-10)12(15)16/h7H,3-6H2,1-2H3,(H,15,16). The minimum absolute atomic E-state index is 0.221. The summed E-state index contributed by atoms with van der Waals surface area (Å²) in [6, 6.07) is 0. The Bertz CT molecular complexity index is 427. The molecule has 0 atom stereocenters. The van der Waals surface area contributed by atoms with Crippen LogP contribution in [-0.4, -0.2) is 21.0 Å². The van der Waals surface area contributed by atoms with Crippen LogP contribution in [0.25, 0.3) is 0 Å². The van der Waals surface area contributed by atoms with Gasteiger partial charge in [-0.2, -0.15) is 0 Å². The van der Waals surface area contributed by atoms with Crippen LogP contribution in [0.2, 0.25) is 0 Å². The van der Waals surface area contributed by atoms with Crippen molar-refractivity contribution in [1.29, 1.82) is 0 Å². The Morgan fingerprint density at radius 2 is 2.12 bits per heavy atom. The van der Waals surface area contributed by atoms with Gasteiger partial charge in [-0.3, -0.25) is 0 Å². The first kappa shape index (κ1) is 11.0. The average molecular weight is 220 g/mol. The van der Waals surface area contributed by atoms with E-state index in [0.717, 1.165) is 36.9 Å². The molecule has 0 amide bonds. The smallest absolute Gasteiger partial charge is 0.354 e. The van der Waals surface area contributed by atoms with E-state index in [1.54, 1.807) is 0 Å². The number of hydrogen-bond donors (Lipinski definition) is 1. The Morgan fingerprint density at radius 3 is 2.75 bits per heavy atom. The van der Waals surface area contributed by atoms with E-state index in [9.17, 15) is 4.79 Å². The van der Waals surface area contributed by atoms with E-state index in [0.29, 0.717) is 11.7 Å². The highest BCUT2D eigenvalue weighted by Gasteiger charge is 2.23. The van der Waals surface area contributed by atoms with Crippen molar-refractivity contribution < 1.29 is 9.90 Å². The van der Waals surface area contributed by atoms with E-state index < -0.39 is 5.97 Å². The molecule has 1 N–H and O–H groups in total. The van der Waals surface area contributed by atoms with Gasteiger partial charge in [-0.25, -0.2) is 14.8 Å². The van der Waals surface area contributed by atoms with Crippen LogP contribution in [0.15, 0.2) is 0 Å². The molecule has 16 heavy (non-hydrogen) atoms. The summed E-state index contributed by atoms with van der Waals surface area (Å²) in [6.07, 6.45) is 3.44. The predicted molar refractivity (Wildman–Crippen MR) is 59.6 cm³/mol. The van der Waals surface area contributed by atoms with Crippen LogP contribution in [-0.2, 0) is 19.3 Å². The molecule has 0 unspecified atom stereocenters. The highest BCUT2D eigenvalue weighted by atomic mass is 16.4. The highest BCUT2D eigenvalue weighted by molar-refractivity contribution is 5.87. The van der Waals surface area contributed by atoms with Crippen LogP contribution in [0.4, 0.5) is 0 Å². The average Bonchev–Trinajstić information content (AvgIpc) is 2.62. The molecule has 0 aliphatic heterocycles. The lowest BCUT2D eigenvalue weighted by atomic mass is 10.1. The van der Waals surface area contributed by atoms with E-state index in [2.05, 4.69) is 23.8 Å². The fourth-order valence-electron chi connectivity index (χ4n) is 2.12. The number of aryl methyl sites for hydroxylation is 1. The molecule has 2 rings (SSSR count). The third-order valence-electron chi connectivity index (χ3n) is 2.77. The van der Waals surface area contributed by atoms with Crippen LogP contribution in [0.3, 0.4) is 0 Å². The number of hydrogen-bond acceptors (Lipinski definition) is 3. The van der Waals surface area contributed by atoms with Gasteiger partial charge in [0.1, 0.15) is 5.82 Å². The molecule has 0 saturated carbocycles. The molecular weight excluding hydrogens is 204 g/mol. The highest BCUT2D eigenvalue weighted by Crippen LogP contribution is 2.23. The number of carbonyl (C=O) groups is 1. The van der Waals surface area contributed by atoms with Crippen LogP contribution >= 0.6 is 0 Å². The molecule has 0 fully saturated rings. The normalized spacial score (nSPS) is 14.2. The van der Waals surface area contributed by atoms with E-state index in [-0.39, 0.29) is 5.69 Å². The molecule has 1 aliphatic carbocycles. The summed E-state index contributed by atoms with van der Waals surface area (Å²) in [7, 11) is 0. The molecule has 1 heterocycles. The van der Waals surface area contributed by atoms with E-state index in [1.165, 1.54) is 0 Å². The van der Waals surface area contributed by atoms with Crippen LogP contribution < -0.4 is 0 Å². The molecule has 0 spiro atoms. The van der Waals surface area contributed by atoms with Crippen molar-refractivity contribution in [3.8, 4) is 0 Å². The first-order valence-corrected chi connectivity index (χ1v) is 5.70. The Hall–Kier alpha value is -1.45. The lowest BCUT2D eigenvalue weighted by Crippen LogP contribution is -2.12. The number of carboxylic acids is 1. The molecule has 0 aromatic carbocycles. The summed E-state index contributed by atoms with van der Waals surface area (Å²) >= 11 is 0. The van der Waals surface area contributed by atoms with Crippen LogP contribution in [0.5, 0.6) is 0 Å². The first-order valence-electron chi connectivity index (χ1n) is 5.70. The molecule has 4 heteroatoms. The number of nitrogens with zero attached hydrogens (tertiary/aromatic N) is 2. The zero-order valence-corrected chi connectivity index (χ0v) is 9.66. The Labute approximate surface area is 94.7 Å². The molecular formula is C12H16N2O2. The first-order chi connectivity index (χ1) is 7.58. The Morgan fingerprint density at radius 1 is 1.38 bits per heavy atom. The van der Waals surface area contributed by atoms with E-state index in [1.807, 2.05) is 0 Å². The van der Waals surface area contributed by atoms with Gasteiger partial charge in [-0.1, -0.05) is 13.8 Å². The Balaban J connectivity index is 2.43. The van der Waals surface area contributed by atoms with Gasteiger partial charge in [0, 0.05) is 17.7 Å². The molecule has 4 nitrogen and oxygen atoms in total. The van der Waals surface area contributed by atoms with Crippen molar-refractivity contribution in [2.45, 2.75) is 39.5 Å². The quantitative estimate of drug-likeness (QED) is 0.844. The van der Waals surface area contributed by atoms with Gasteiger partial charge < -0.3 is 5.11 Å². The van der Waals surface area contributed by atoms with Gasteiger partial charge in [0.05, 0.1) is 0 Å². The van der Waals surface area contributed by atoms with E-state index in [4.69, 9.17) is 5.11 Å². The van der Waals surface area contributed by atoms with Gasteiger partial charge in [0.15, 0.2) is 5.69 Å². The predicted octanol–water partition coefficient (Wildman–Crippen LogP) is 1.86. The molecule has 86 valence electrons. The Kier molecular flexibility index (Phi) is 2.90. The lowest BCUT2D eigenvalue weighted by molar-refractivity contribution is 0.0688. The van der Waals surface area contributed by atoms with Gasteiger partial charge in [-0.05, 0) is 25.2 Å². The number of aromatic carboxylic acids is 1. The maximum Gasteiger partial charge on any atom is 0.354 e. The van der Waals surface area contributed by atoms with Gasteiger partial charge in [0.25, 0.3) is 0 Å². The molecule has 0 bridgehead atoms. The second kappa shape index (κ2) is 4.20. The summed E-state index contributed by atoms with van der Waals surface area (Å²) in [5, 5.41) is 9.12. The fraction of sp³-hybridized carbons (Fsp3) is 0.583. The second-order valence-corrected chi connectivity index (χ2v) is 4.67. The third kappa shape index (κ3) is 2.05. The minimum atomic E-state index is -0.925. The molecule has 0 saturated heterocycles. The summed E-state index contributed by atoms with van der Waals surface area (Å²) in [6.45, 7) is 4.16. The van der Waals surface area contributed by atoms with Crippen LogP contribution in [0, 0.1) is 5.92 Å². The summed E-state index contributed by atoms with van der Waals surface area (Å²) < 4.78 is 0. The number of rotatable bonds is 3. The van der Waals surface area contributed by atoms with Crippen molar-refractivity contribution >= 4 is 5.97 Å². The van der Waals surface area contributed by atoms with Crippen LogP contribution in [0.1, 0.15) is 47.8 Å². The summed E-state index contributed by atoms with van der Waals surface area (Å²) in [5.74, 6) is 0.194. The topological polar surface area (TPSA) is 63.1 Å². The zero-order chi connectivity index (χ0) is 11.7. The SMILES string of the molecule is CC(C)Cc1nc2c(c(C(=O)O)n1)CCC2. The monoisotopic (exact) mass is 220 g/mol. The molecule has 1 aliphatic rings. The van der Waals surface area contributed by atoms with Crippen molar-refractivity contribution in [3.05, 3.63) is 22.8 Å². The largest absolute Gasteiger partial charge is 0.477 e. The lowest BCUT2D eigenvalue weighted by Gasteiger charge is -2.08. The van der Waals surface area contributed by atoms with Crippen molar-refractivity contribution in [2.24, 2.45) is 5.92 Å². The maximum absolute atomic E-state index is 11.1. The zero-order valence-electron chi connectivity index (χ0n) is 9.66. The van der Waals surface area contributed by atoms with Gasteiger partial charge >= 0.3 is 5.97 Å². The minimum Gasteiger partial charge on any atom is -0.477 e.